The van der Waals surface area contributed by atoms with Gasteiger partial charge in [0.15, 0.2) is 0 Å². The summed E-state index contributed by atoms with van der Waals surface area (Å²) in [5.74, 6) is 0. The van der Waals surface area contributed by atoms with Gasteiger partial charge in [-0.25, -0.2) is 0 Å². The fraction of sp³-hybridized carbons (Fsp3) is 0. The Balaban J connectivity index is 0. The van der Waals surface area contributed by atoms with E-state index in [-0.39, 0.29) is 32.7 Å². The van der Waals surface area contributed by atoms with Crippen molar-refractivity contribution in [3.63, 3.8) is 0 Å². The molecular formula is C6H5NWY-2. The number of nitrogens with zero attached hydrogens (tertiary/aromatic N) is 1. The number of aliphatic imine (C=N–C) groups is 1. The van der Waals surface area contributed by atoms with Gasteiger partial charge in [-0.05, 0) is 0 Å². The second-order valence-electron chi connectivity index (χ2n) is 0.915. The first-order valence-corrected chi connectivity index (χ1v) is 3.70. The number of rotatable bonds is 3. The summed E-state index contributed by atoms with van der Waals surface area (Å²) in [7, 11) is 0. The van der Waals surface area contributed by atoms with Crippen LogP contribution in [0.2, 0.25) is 0 Å². The van der Waals surface area contributed by atoms with Gasteiger partial charge in [0.25, 0.3) is 0 Å². The van der Waals surface area contributed by atoms with Crippen molar-refractivity contribution in [3.8, 4) is 0 Å². The molecule has 0 atom stereocenters. The predicted molar refractivity (Wildman–Crippen MR) is 31.5 cm³/mol. The summed E-state index contributed by atoms with van der Waals surface area (Å²) >= 11 is 1.32. The van der Waals surface area contributed by atoms with E-state index in [1.165, 1.54) is 25.4 Å². The normalized spacial score (nSPS) is 9.33. The van der Waals surface area contributed by atoms with Crippen LogP contribution in [0.1, 0.15) is 0 Å². The van der Waals surface area contributed by atoms with E-state index >= 15 is 0 Å². The molecule has 0 spiro atoms. The van der Waals surface area contributed by atoms with Crippen LogP contribution >= 0.6 is 0 Å². The van der Waals surface area contributed by atoms with E-state index in [4.69, 9.17) is 6.58 Å². The largest absolute Gasteiger partial charge is 0 e. The molecule has 0 aromatic heterocycles. The van der Waals surface area contributed by atoms with Crippen molar-refractivity contribution in [1.82, 2.24) is 0 Å². The molecule has 0 aliphatic rings. The molecule has 0 saturated carbocycles. The molecule has 0 aliphatic carbocycles. The third-order valence-corrected chi connectivity index (χ3v) is 0.788. The van der Waals surface area contributed by atoms with Crippen LogP contribution in [0, 0.1) is 6.58 Å². The van der Waals surface area contributed by atoms with Gasteiger partial charge in [-0.3, -0.25) is 0 Å². The van der Waals surface area contributed by atoms with Crippen molar-refractivity contribution in [2.24, 2.45) is 4.99 Å². The van der Waals surface area contributed by atoms with Crippen LogP contribution in [0.25, 0.3) is 0 Å². The van der Waals surface area contributed by atoms with Crippen molar-refractivity contribution in [1.29, 1.82) is 0 Å². The molecule has 0 N–H and O–H groups in total. The molecule has 3 heteroatoms. The summed E-state index contributed by atoms with van der Waals surface area (Å²) < 4.78 is 1.74. The van der Waals surface area contributed by atoms with Crippen LogP contribution in [-0.2, 0) is 52.1 Å². The molecule has 0 amide bonds. The Morgan fingerprint density at radius 3 is 2.67 bits per heavy atom. The van der Waals surface area contributed by atoms with Gasteiger partial charge in [-0.1, -0.05) is 0 Å². The van der Waals surface area contributed by atoms with E-state index in [1.54, 1.807) is 16.7 Å². The minimum absolute atomic E-state index is 0. The first kappa shape index (κ1) is 12.5. The molecule has 0 aromatic rings. The zero-order chi connectivity index (χ0) is 6.24. The van der Waals surface area contributed by atoms with E-state index < -0.39 is 0 Å². The quantitative estimate of drug-likeness (QED) is 0.399. The molecule has 9 heavy (non-hydrogen) atoms. The fourth-order valence-corrected chi connectivity index (χ4v) is 0.391. The van der Waals surface area contributed by atoms with Gasteiger partial charge >= 0.3 is 59.9 Å². The number of hydrogen-bond donors (Lipinski definition) is 0. The minimum Gasteiger partial charge on any atom is 0 e. The molecule has 1 radical (unpaired) electrons. The van der Waals surface area contributed by atoms with Gasteiger partial charge in [0, 0.05) is 32.7 Å². The standard InChI is InChI=1S/C6H5N.W.Y/c1-3-4-5-6-7-2;;/h1-5H;;/q-2;;. The monoisotopic (exact) mass is 364 g/mol. The Kier molecular flexibility index (Phi) is 16.1. The van der Waals surface area contributed by atoms with Crippen LogP contribution in [0.15, 0.2) is 23.2 Å². The van der Waals surface area contributed by atoms with Crippen molar-refractivity contribution >= 4 is 10.7 Å². The third kappa shape index (κ3) is 12.1. The summed E-state index contributed by atoms with van der Waals surface area (Å²) in [5.41, 5.74) is 0. The van der Waals surface area contributed by atoms with Gasteiger partial charge in [-0.15, -0.1) is 0 Å². The van der Waals surface area contributed by atoms with Crippen LogP contribution in [0.5, 0.6) is 0 Å². The van der Waals surface area contributed by atoms with Gasteiger partial charge < -0.3 is 0 Å². The Morgan fingerprint density at radius 2 is 2.22 bits per heavy atom. The van der Waals surface area contributed by atoms with Crippen molar-refractivity contribution in [2.45, 2.75) is 0 Å². The maximum Gasteiger partial charge on any atom is 0 e. The topological polar surface area (TPSA) is 12.4 Å². The maximum absolute atomic E-state index is 5.01. The zero-order valence-electron chi connectivity index (χ0n) is 4.82. The summed E-state index contributed by atoms with van der Waals surface area (Å²) in [6.07, 6.45) is 7.39. The van der Waals surface area contributed by atoms with Gasteiger partial charge in [0.05, 0.1) is 0 Å². The average Bonchev–Trinajstić information content (AvgIpc) is 1.81. The molecule has 0 heterocycles. The second-order valence-corrected chi connectivity index (χ2v) is 1.67. The molecule has 0 rings (SSSR count). The molecule has 0 saturated heterocycles. The smallest absolute Gasteiger partial charge is 0 e. The van der Waals surface area contributed by atoms with E-state index in [2.05, 4.69) is 11.2 Å². The summed E-state index contributed by atoms with van der Waals surface area (Å²) in [6, 6.07) is 0. The molecule has 1 nitrogen and oxygen atoms in total. The zero-order valence-corrected chi connectivity index (χ0v) is 10.6. The summed E-state index contributed by atoms with van der Waals surface area (Å²) in [4.78, 5) is 3.71. The molecule has 0 aliphatic heterocycles. The summed E-state index contributed by atoms with van der Waals surface area (Å²) in [6.45, 7) is 5.01. The Hall–Kier alpha value is 0.812. The first-order valence-electron chi connectivity index (χ1n) is 2.01. The molecule has 0 fully saturated rings. The minimum atomic E-state index is 0. The Bertz CT molecular complexity index is 113. The van der Waals surface area contributed by atoms with Gasteiger partial charge in [0.2, 0.25) is 0 Å². The van der Waals surface area contributed by atoms with Crippen LogP contribution < -0.4 is 0 Å². The van der Waals surface area contributed by atoms with Crippen molar-refractivity contribution < 1.29 is 52.1 Å². The maximum atomic E-state index is 5.01. The molecular weight excluding hydrogens is 359 g/mol. The fourth-order valence-electron chi connectivity index (χ4n) is 0.172. The second kappa shape index (κ2) is 11.6. The summed E-state index contributed by atoms with van der Waals surface area (Å²) in [5, 5.41) is 0. The van der Waals surface area contributed by atoms with Crippen molar-refractivity contribution in [3.05, 3.63) is 24.8 Å². The third-order valence-electron chi connectivity index (χ3n) is 0.409. The molecule has 0 aromatic carbocycles. The van der Waals surface area contributed by atoms with Crippen LogP contribution in [0.4, 0.5) is 0 Å². The van der Waals surface area contributed by atoms with Crippen molar-refractivity contribution in [2.75, 3.05) is 0 Å². The van der Waals surface area contributed by atoms with Crippen LogP contribution in [-0.4, -0.2) is 10.7 Å². The van der Waals surface area contributed by atoms with E-state index in [0.29, 0.717) is 0 Å². The average molecular weight is 364 g/mol. The Labute approximate surface area is 91.6 Å². The van der Waals surface area contributed by atoms with Crippen LogP contribution in [0.3, 0.4) is 0 Å². The first-order chi connectivity index (χ1) is 3.91. The van der Waals surface area contributed by atoms with E-state index in [9.17, 15) is 0 Å². The van der Waals surface area contributed by atoms with E-state index in [1.807, 2.05) is 0 Å². The number of allylic oxidation sites excluding steroid dienone is 3. The molecule has 0 unspecified atom stereocenters. The predicted octanol–water partition coefficient (Wildman–Crippen LogP) is 0.784. The number of hydrogen-bond acceptors (Lipinski definition) is 1. The van der Waals surface area contributed by atoms with Gasteiger partial charge in [-0.2, -0.15) is 0 Å². The molecule has 45 valence electrons. The SMILES string of the molecule is [CH-]=CC=C[C-]=N[CH]=[W].[Y]. The molecule has 0 bridgehead atoms. The Morgan fingerprint density at radius 1 is 1.56 bits per heavy atom. The van der Waals surface area contributed by atoms with E-state index in [0.717, 1.165) is 0 Å². The van der Waals surface area contributed by atoms with Gasteiger partial charge in [0.1, 0.15) is 0 Å².